The Labute approximate surface area is 135 Å². The third kappa shape index (κ3) is 2.50. The number of nitrogens with zero attached hydrogens (tertiary/aromatic N) is 3. The van der Waals surface area contributed by atoms with E-state index in [1.807, 2.05) is 11.3 Å². The Morgan fingerprint density at radius 1 is 1.23 bits per heavy atom. The molecule has 2 aromatic heterocycles. The summed E-state index contributed by atoms with van der Waals surface area (Å²) in [4.78, 5) is 14.4. The zero-order chi connectivity index (χ0) is 14.9. The second kappa shape index (κ2) is 6.13. The predicted octanol–water partition coefficient (Wildman–Crippen LogP) is 3.58. The van der Waals surface area contributed by atoms with Crippen LogP contribution in [0.15, 0.2) is 6.33 Å². The fourth-order valence-corrected chi connectivity index (χ4v) is 5.01. The molecule has 0 spiro atoms. The first-order valence-corrected chi connectivity index (χ1v) is 9.30. The highest BCUT2D eigenvalue weighted by Crippen LogP contribution is 2.39. The molecule has 3 heterocycles. The SMILES string of the molecule is CCOC1CCN(c2ncnc3sc4c(c23)CCCC4)CC1. The van der Waals surface area contributed by atoms with Gasteiger partial charge < -0.3 is 9.64 Å². The maximum atomic E-state index is 5.77. The van der Waals surface area contributed by atoms with Gasteiger partial charge in [0, 0.05) is 24.6 Å². The van der Waals surface area contributed by atoms with Crippen LogP contribution >= 0.6 is 11.3 Å². The lowest BCUT2D eigenvalue weighted by atomic mass is 9.96. The molecule has 4 nitrogen and oxygen atoms in total. The van der Waals surface area contributed by atoms with Gasteiger partial charge in [-0.25, -0.2) is 9.97 Å². The lowest BCUT2D eigenvalue weighted by Crippen LogP contribution is -2.37. The van der Waals surface area contributed by atoms with Crippen molar-refractivity contribution in [2.45, 2.75) is 51.6 Å². The Kier molecular flexibility index (Phi) is 4.01. The fraction of sp³-hybridized carbons (Fsp3) is 0.647. The second-order valence-corrected chi connectivity index (χ2v) is 7.31. The van der Waals surface area contributed by atoms with Crippen LogP contribution in [0.3, 0.4) is 0 Å². The van der Waals surface area contributed by atoms with Crippen molar-refractivity contribution in [2.75, 3.05) is 24.6 Å². The molecule has 0 aromatic carbocycles. The number of aromatic nitrogens is 2. The molecule has 2 aromatic rings. The molecule has 0 bridgehead atoms. The monoisotopic (exact) mass is 317 g/mol. The van der Waals surface area contributed by atoms with E-state index >= 15 is 0 Å². The Hall–Kier alpha value is -1.20. The highest BCUT2D eigenvalue weighted by molar-refractivity contribution is 7.19. The summed E-state index contributed by atoms with van der Waals surface area (Å²) in [7, 11) is 0. The van der Waals surface area contributed by atoms with Gasteiger partial charge in [0.25, 0.3) is 0 Å². The summed E-state index contributed by atoms with van der Waals surface area (Å²) in [5, 5.41) is 1.34. The maximum Gasteiger partial charge on any atom is 0.141 e. The minimum atomic E-state index is 0.426. The minimum Gasteiger partial charge on any atom is -0.378 e. The van der Waals surface area contributed by atoms with E-state index in [0.29, 0.717) is 6.10 Å². The van der Waals surface area contributed by atoms with Crippen LogP contribution in [0.25, 0.3) is 10.2 Å². The lowest BCUT2D eigenvalue weighted by molar-refractivity contribution is 0.0459. The number of hydrogen-bond acceptors (Lipinski definition) is 5. The Bertz CT molecular complexity index is 661. The standard InChI is InChI=1S/C17H23N3OS/c1-2-21-12-7-9-20(10-8-12)16-15-13-5-3-4-6-14(13)22-17(15)19-11-18-16/h11-12H,2-10H2,1H3. The number of ether oxygens (including phenoxy) is 1. The Balaban J connectivity index is 1.66. The second-order valence-electron chi connectivity index (χ2n) is 6.23. The van der Waals surface area contributed by atoms with E-state index < -0.39 is 0 Å². The third-order valence-electron chi connectivity index (χ3n) is 4.88. The van der Waals surface area contributed by atoms with E-state index in [-0.39, 0.29) is 0 Å². The van der Waals surface area contributed by atoms with Gasteiger partial charge in [-0.05, 0) is 51.0 Å². The molecular weight excluding hydrogens is 294 g/mol. The summed E-state index contributed by atoms with van der Waals surface area (Å²) in [5.41, 5.74) is 1.54. The zero-order valence-electron chi connectivity index (χ0n) is 13.2. The smallest absolute Gasteiger partial charge is 0.141 e. The summed E-state index contributed by atoms with van der Waals surface area (Å²) in [6.07, 6.45) is 9.43. The van der Waals surface area contributed by atoms with Crippen molar-refractivity contribution in [1.29, 1.82) is 0 Å². The molecule has 2 aliphatic rings. The molecule has 0 amide bonds. The normalized spacial score (nSPS) is 19.6. The van der Waals surface area contributed by atoms with Crippen molar-refractivity contribution in [3.8, 4) is 0 Å². The summed E-state index contributed by atoms with van der Waals surface area (Å²) >= 11 is 1.88. The number of thiophene rings is 1. The number of rotatable bonds is 3. The van der Waals surface area contributed by atoms with Crippen LogP contribution in [0.2, 0.25) is 0 Å². The number of aryl methyl sites for hydroxylation is 2. The van der Waals surface area contributed by atoms with Crippen molar-refractivity contribution in [2.24, 2.45) is 0 Å². The number of hydrogen-bond donors (Lipinski definition) is 0. The van der Waals surface area contributed by atoms with Gasteiger partial charge >= 0.3 is 0 Å². The van der Waals surface area contributed by atoms with E-state index in [1.54, 1.807) is 11.2 Å². The molecule has 1 fully saturated rings. The quantitative estimate of drug-likeness (QED) is 0.867. The van der Waals surface area contributed by atoms with Gasteiger partial charge in [-0.1, -0.05) is 0 Å². The first-order chi connectivity index (χ1) is 10.9. The average Bonchev–Trinajstić information content (AvgIpc) is 2.94. The van der Waals surface area contributed by atoms with Gasteiger partial charge in [0.05, 0.1) is 11.5 Å². The molecular formula is C17H23N3OS. The van der Waals surface area contributed by atoms with Crippen molar-refractivity contribution in [1.82, 2.24) is 9.97 Å². The Morgan fingerprint density at radius 2 is 2.05 bits per heavy atom. The van der Waals surface area contributed by atoms with Crippen LogP contribution in [0.4, 0.5) is 5.82 Å². The topological polar surface area (TPSA) is 38.2 Å². The molecule has 0 N–H and O–H groups in total. The molecule has 1 aliphatic carbocycles. The average molecular weight is 317 g/mol. The number of piperidine rings is 1. The van der Waals surface area contributed by atoms with Crippen LogP contribution in [-0.4, -0.2) is 35.8 Å². The van der Waals surface area contributed by atoms with Crippen molar-refractivity contribution < 1.29 is 4.74 Å². The summed E-state index contributed by atoms with van der Waals surface area (Å²) in [5.74, 6) is 1.17. The first kappa shape index (κ1) is 14.4. The Morgan fingerprint density at radius 3 is 2.86 bits per heavy atom. The summed E-state index contributed by atoms with van der Waals surface area (Å²) < 4.78 is 5.77. The molecule has 1 saturated heterocycles. The van der Waals surface area contributed by atoms with Gasteiger partial charge in [0.15, 0.2) is 0 Å². The molecule has 1 aliphatic heterocycles. The molecule has 118 valence electrons. The minimum absolute atomic E-state index is 0.426. The lowest BCUT2D eigenvalue weighted by Gasteiger charge is -2.33. The van der Waals surface area contributed by atoms with Gasteiger partial charge in [-0.2, -0.15) is 0 Å². The van der Waals surface area contributed by atoms with Crippen LogP contribution in [0.5, 0.6) is 0 Å². The molecule has 5 heteroatoms. The number of fused-ring (bicyclic) bond motifs is 3. The van der Waals surface area contributed by atoms with Gasteiger partial charge in [0.2, 0.25) is 0 Å². The summed E-state index contributed by atoms with van der Waals surface area (Å²) in [6, 6.07) is 0. The molecule has 0 radical (unpaired) electrons. The van der Waals surface area contributed by atoms with Crippen LogP contribution in [-0.2, 0) is 17.6 Å². The third-order valence-corrected chi connectivity index (χ3v) is 6.08. The van der Waals surface area contributed by atoms with Crippen molar-refractivity contribution in [3.05, 3.63) is 16.8 Å². The van der Waals surface area contributed by atoms with Gasteiger partial charge in [-0.3, -0.25) is 0 Å². The van der Waals surface area contributed by atoms with Gasteiger partial charge in [-0.15, -0.1) is 11.3 Å². The first-order valence-electron chi connectivity index (χ1n) is 8.48. The molecule has 0 atom stereocenters. The fourth-order valence-electron chi connectivity index (χ4n) is 3.78. The van der Waals surface area contributed by atoms with E-state index in [9.17, 15) is 0 Å². The maximum absolute atomic E-state index is 5.77. The summed E-state index contributed by atoms with van der Waals surface area (Å²) in [6.45, 7) is 4.99. The van der Waals surface area contributed by atoms with Crippen LogP contribution in [0.1, 0.15) is 43.0 Å². The van der Waals surface area contributed by atoms with E-state index in [0.717, 1.165) is 32.5 Å². The predicted molar refractivity (Wildman–Crippen MR) is 90.9 cm³/mol. The van der Waals surface area contributed by atoms with E-state index in [2.05, 4.69) is 21.8 Å². The highest BCUT2D eigenvalue weighted by atomic mass is 32.1. The highest BCUT2D eigenvalue weighted by Gasteiger charge is 2.25. The number of anilines is 1. The van der Waals surface area contributed by atoms with Crippen molar-refractivity contribution in [3.63, 3.8) is 0 Å². The van der Waals surface area contributed by atoms with Gasteiger partial charge in [0.1, 0.15) is 17.0 Å². The molecule has 22 heavy (non-hydrogen) atoms. The van der Waals surface area contributed by atoms with E-state index in [1.165, 1.54) is 47.3 Å². The molecule has 0 saturated carbocycles. The van der Waals surface area contributed by atoms with Crippen LogP contribution in [0, 0.1) is 0 Å². The molecule has 4 rings (SSSR count). The van der Waals surface area contributed by atoms with Crippen molar-refractivity contribution >= 4 is 27.4 Å². The largest absolute Gasteiger partial charge is 0.378 e. The zero-order valence-corrected chi connectivity index (χ0v) is 14.0. The van der Waals surface area contributed by atoms with E-state index in [4.69, 9.17) is 4.74 Å². The molecule has 0 unspecified atom stereocenters. The van der Waals surface area contributed by atoms with Crippen LogP contribution < -0.4 is 4.90 Å².